The van der Waals surface area contributed by atoms with Crippen molar-refractivity contribution in [3.63, 3.8) is 0 Å². The SMILES string of the molecule is CCCS(=O)(=O)c1ccccc1NCC1CCC(C)C1. The van der Waals surface area contributed by atoms with Crippen molar-refractivity contribution in [2.75, 3.05) is 17.6 Å². The van der Waals surface area contributed by atoms with Gasteiger partial charge in [0.05, 0.1) is 16.3 Å². The molecule has 0 aromatic heterocycles. The number of para-hydroxylation sites is 1. The molecule has 1 N–H and O–H groups in total. The summed E-state index contributed by atoms with van der Waals surface area (Å²) >= 11 is 0. The van der Waals surface area contributed by atoms with Gasteiger partial charge in [-0.15, -0.1) is 0 Å². The lowest BCUT2D eigenvalue weighted by Gasteiger charge is -2.15. The number of nitrogens with one attached hydrogen (secondary N) is 1. The minimum absolute atomic E-state index is 0.214. The van der Waals surface area contributed by atoms with Crippen molar-refractivity contribution in [3.8, 4) is 0 Å². The molecule has 2 unspecified atom stereocenters. The highest BCUT2D eigenvalue weighted by atomic mass is 32.2. The van der Waals surface area contributed by atoms with Gasteiger partial charge in [0.1, 0.15) is 0 Å². The summed E-state index contributed by atoms with van der Waals surface area (Å²) in [7, 11) is -3.16. The smallest absolute Gasteiger partial charge is 0.180 e. The number of rotatable bonds is 6. The van der Waals surface area contributed by atoms with Crippen LogP contribution in [-0.2, 0) is 9.84 Å². The fourth-order valence-corrected chi connectivity index (χ4v) is 4.55. The molecule has 0 amide bonds. The van der Waals surface area contributed by atoms with Gasteiger partial charge in [0.15, 0.2) is 9.84 Å². The minimum Gasteiger partial charge on any atom is -0.384 e. The molecule has 4 heteroatoms. The molecule has 0 radical (unpaired) electrons. The van der Waals surface area contributed by atoms with Gasteiger partial charge in [-0.25, -0.2) is 8.42 Å². The van der Waals surface area contributed by atoms with Crippen LogP contribution in [0.1, 0.15) is 39.5 Å². The normalized spacial score (nSPS) is 22.9. The molecule has 1 fully saturated rings. The van der Waals surface area contributed by atoms with Gasteiger partial charge in [0.25, 0.3) is 0 Å². The minimum atomic E-state index is -3.16. The first-order valence-corrected chi connectivity index (χ1v) is 9.24. The number of sulfone groups is 1. The number of anilines is 1. The van der Waals surface area contributed by atoms with Gasteiger partial charge in [-0.3, -0.25) is 0 Å². The summed E-state index contributed by atoms with van der Waals surface area (Å²) in [5.74, 6) is 1.69. The Balaban J connectivity index is 2.08. The zero-order valence-corrected chi connectivity index (χ0v) is 13.2. The maximum atomic E-state index is 12.3. The van der Waals surface area contributed by atoms with Crippen LogP contribution in [-0.4, -0.2) is 20.7 Å². The zero-order valence-electron chi connectivity index (χ0n) is 12.4. The molecule has 2 atom stereocenters. The van der Waals surface area contributed by atoms with E-state index in [1.807, 2.05) is 19.1 Å². The van der Waals surface area contributed by atoms with Gasteiger partial charge in [-0.05, 0) is 43.2 Å². The second-order valence-corrected chi connectivity index (χ2v) is 8.06. The third kappa shape index (κ3) is 3.75. The van der Waals surface area contributed by atoms with Crippen LogP contribution in [0.2, 0.25) is 0 Å². The Morgan fingerprint density at radius 2 is 2.00 bits per heavy atom. The van der Waals surface area contributed by atoms with Crippen LogP contribution >= 0.6 is 0 Å². The van der Waals surface area contributed by atoms with Crippen molar-refractivity contribution in [1.29, 1.82) is 0 Å². The van der Waals surface area contributed by atoms with Crippen molar-refractivity contribution in [2.45, 2.75) is 44.4 Å². The lowest BCUT2D eigenvalue weighted by molar-refractivity contribution is 0.536. The molecule has 0 aliphatic heterocycles. The molecule has 1 aliphatic carbocycles. The summed E-state index contributed by atoms with van der Waals surface area (Å²) in [6.45, 7) is 5.07. The van der Waals surface area contributed by atoms with Gasteiger partial charge >= 0.3 is 0 Å². The highest BCUT2D eigenvalue weighted by Gasteiger charge is 2.22. The fraction of sp³-hybridized carbons (Fsp3) is 0.625. The molecule has 3 nitrogen and oxygen atoms in total. The molecule has 20 heavy (non-hydrogen) atoms. The van der Waals surface area contributed by atoms with Crippen LogP contribution in [0, 0.1) is 11.8 Å². The van der Waals surface area contributed by atoms with E-state index in [0.29, 0.717) is 17.2 Å². The Hall–Kier alpha value is -1.03. The molecule has 0 heterocycles. The maximum Gasteiger partial charge on any atom is 0.180 e. The molecule has 1 aromatic carbocycles. The standard InChI is InChI=1S/C16H25NO2S/c1-3-10-20(18,19)16-7-5-4-6-15(16)17-12-14-9-8-13(2)11-14/h4-7,13-14,17H,3,8-12H2,1-2H3. The molecular weight excluding hydrogens is 270 g/mol. The van der Waals surface area contributed by atoms with E-state index >= 15 is 0 Å². The van der Waals surface area contributed by atoms with Crippen LogP contribution in [0.4, 0.5) is 5.69 Å². The van der Waals surface area contributed by atoms with Gasteiger partial charge < -0.3 is 5.32 Å². The summed E-state index contributed by atoms with van der Waals surface area (Å²) in [5.41, 5.74) is 0.764. The summed E-state index contributed by atoms with van der Waals surface area (Å²) in [6.07, 6.45) is 4.44. The van der Waals surface area contributed by atoms with E-state index in [1.54, 1.807) is 12.1 Å². The lowest BCUT2D eigenvalue weighted by Crippen LogP contribution is -2.15. The summed E-state index contributed by atoms with van der Waals surface area (Å²) in [5, 5.41) is 3.36. The highest BCUT2D eigenvalue weighted by Crippen LogP contribution is 2.31. The second kappa shape index (κ2) is 6.61. The first-order valence-electron chi connectivity index (χ1n) is 7.58. The molecule has 0 bridgehead atoms. The molecule has 1 aromatic rings. The lowest BCUT2D eigenvalue weighted by atomic mass is 10.1. The van der Waals surface area contributed by atoms with Gasteiger partial charge in [-0.2, -0.15) is 0 Å². The van der Waals surface area contributed by atoms with E-state index in [-0.39, 0.29) is 5.75 Å². The van der Waals surface area contributed by atoms with Crippen molar-refractivity contribution in [3.05, 3.63) is 24.3 Å². The van der Waals surface area contributed by atoms with Gasteiger partial charge in [0, 0.05) is 6.54 Å². The Labute approximate surface area is 122 Å². The average Bonchev–Trinajstić information content (AvgIpc) is 2.82. The third-order valence-corrected chi connectivity index (χ3v) is 6.05. The average molecular weight is 295 g/mol. The van der Waals surface area contributed by atoms with Crippen LogP contribution in [0.3, 0.4) is 0 Å². The molecule has 0 saturated heterocycles. The highest BCUT2D eigenvalue weighted by molar-refractivity contribution is 7.91. The van der Waals surface area contributed by atoms with Crippen LogP contribution in [0.25, 0.3) is 0 Å². The van der Waals surface area contributed by atoms with E-state index in [1.165, 1.54) is 19.3 Å². The first kappa shape index (κ1) is 15.4. The monoisotopic (exact) mass is 295 g/mol. The van der Waals surface area contributed by atoms with Crippen LogP contribution in [0.15, 0.2) is 29.2 Å². The van der Waals surface area contributed by atoms with Gasteiger partial charge in [0.2, 0.25) is 0 Å². The maximum absolute atomic E-state index is 12.3. The summed E-state index contributed by atoms with van der Waals surface area (Å²) in [4.78, 5) is 0.452. The third-order valence-electron chi connectivity index (χ3n) is 4.08. The molecular formula is C16H25NO2S. The van der Waals surface area contributed by atoms with Crippen molar-refractivity contribution in [2.24, 2.45) is 11.8 Å². The predicted octanol–water partition coefficient (Wildman–Crippen LogP) is 3.72. The Morgan fingerprint density at radius 3 is 2.65 bits per heavy atom. The second-order valence-electron chi connectivity index (χ2n) is 5.98. The van der Waals surface area contributed by atoms with Crippen LogP contribution in [0.5, 0.6) is 0 Å². The van der Waals surface area contributed by atoms with Gasteiger partial charge in [-0.1, -0.05) is 32.4 Å². The van der Waals surface area contributed by atoms with Crippen molar-refractivity contribution >= 4 is 15.5 Å². The molecule has 1 aliphatic rings. The topological polar surface area (TPSA) is 46.2 Å². The zero-order chi connectivity index (χ0) is 14.6. The number of hydrogen-bond donors (Lipinski definition) is 1. The fourth-order valence-electron chi connectivity index (χ4n) is 3.03. The van der Waals surface area contributed by atoms with Crippen LogP contribution < -0.4 is 5.32 Å². The Bertz CT molecular complexity index is 539. The van der Waals surface area contributed by atoms with Crippen molar-refractivity contribution in [1.82, 2.24) is 0 Å². The molecule has 112 valence electrons. The Kier molecular flexibility index (Phi) is 5.08. The van der Waals surface area contributed by atoms with E-state index in [4.69, 9.17) is 0 Å². The summed E-state index contributed by atoms with van der Waals surface area (Å²) < 4.78 is 24.5. The van der Waals surface area contributed by atoms with Crippen molar-refractivity contribution < 1.29 is 8.42 Å². The first-order chi connectivity index (χ1) is 9.53. The predicted molar refractivity (Wildman–Crippen MR) is 83.8 cm³/mol. The quantitative estimate of drug-likeness (QED) is 0.870. The van der Waals surface area contributed by atoms with E-state index < -0.39 is 9.84 Å². The largest absolute Gasteiger partial charge is 0.384 e. The van der Waals surface area contributed by atoms with E-state index in [2.05, 4.69) is 12.2 Å². The number of benzene rings is 1. The molecule has 0 spiro atoms. The summed E-state index contributed by atoms with van der Waals surface area (Å²) in [6, 6.07) is 7.28. The van der Waals surface area contributed by atoms with E-state index in [0.717, 1.165) is 18.2 Å². The molecule has 2 rings (SSSR count). The molecule has 1 saturated carbocycles. The Morgan fingerprint density at radius 1 is 1.25 bits per heavy atom. The number of hydrogen-bond acceptors (Lipinski definition) is 3. The van der Waals surface area contributed by atoms with E-state index in [9.17, 15) is 8.42 Å².